The molecule has 106 valence electrons. The van der Waals surface area contributed by atoms with Crippen LogP contribution in [0.5, 0.6) is 0 Å². The summed E-state index contributed by atoms with van der Waals surface area (Å²) >= 11 is 0. The number of nitrogens with zero attached hydrogens (tertiary/aromatic N) is 1. The minimum absolute atomic E-state index is 0.504. The second kappa shape index (κ2) is 6.53. The van der Waals surface area contributed by atoms with Crippen LogP contribution in [0.1, 0.15) is 50.8 Å². The van der Waals surface area contributed by atoms with Crippen molar-refractivity contribution in [3.63, 3.8) is 0 Å². The van der Waals surface area contributed by atoms with Gasteiger partial charge in [0.25, 0.3) is 0 Å². The average molecular weight is 260 g/mol. The molecule has 1 aromatic rings. The first-order chi connectivity index (χ1) is 9.17. The Bertz CT molecular complexity index is 383. The van der Waals surface area contributed by atoms with Crippen molar-refractivity contribution in [3.05, 3.63) is 35.4 Å². The standard InChI is InChI=1S/C17H28N2/c1-4-14-7-9-15(10-8-14)17-16(12-18)6-5-11-19(17)13(2)3/h7-10,13,16-17H,4-6,11-12,18H2,1-3H3. The molecule has 19 heavy (non-hydrogen) atoms. The smallest absolute Gasteiger partial charge is 0.0391 e. The highest BCUT2D eigenvalue weighted by Gasteiger charge is 2.32. The maximum Gasteiger partial charge on any atom is 0.0391 e. The van der Waals surface area contributed by atoms with Crippen molar-refractivity contribution in [1.82, 2.24) is 4.90 Å². The average Bonchev–Trinajstić information content (AvgIpc) is 2.46. The molecule has 1 aromatic carbocycles. The van der Waals surface area contributed by atoms with Gasteiger partial charge in [-0.15, -0.1) is 0 Å². The molecule has 0 aromatic heterocycles. The van der Waals surface area contributed by atoms with Crippen molar-refractivity contribution < 1.29 is 0 Å². The van der Waals surface area contributed by atoms with Gasteiger partial charge in [-0.2, -0.15) is 0 Å². The molecule has 1 aliphatic heterocycles. The number of hydrogen-bond acceptors (Lipinski definition) is 2. The van der Waals surface area contributed by atoms with Crippen molar-refractivity contribution in [2.75, 3.05) is 13.1 Å². The van der Waals surface area contributed by atoms with Crippen LogP contribution in [0.15, 0.2) is 24.3 Å². The third kappa shape index (κ3) is 3.18. The van der Waals surface area contributed by atoms with Crippen molar-refractivity contribution in [1.29, 1.82) is 0 Å². The van der Waals surface area contributed by atoms with E-state index in [0.717, 1.165) is 13.0 Å². The van der Waals surface area contributed by atoms with Crippen LogP contribution in [0.2, 0.25) is 0 Å². The monoisotopic (exact) mass is 260 g/mol. The van der Waals surface area contributed by atoms with E-state index < -0.39 is 0 Å². The Balaban J connectivity index is 2.28. The molecular formula is C17H28N2. The molecule has 2 nitrogen and oxygen atoms in total. The van der Waals surface area contributed by atoms with Crippen LogP contribution >= 0.6 is 0 Å². The van der Waals surface area contributed by atoms with Gasteiger partial charge in [-0.3, -0.25) is 4.90 Å². The summed E-state index contributed by atoms with van der Waals surface area (Å²) in [6, 6.07) is 10.3. The van der Waals surface area contributed by atoms with Gasteiger partial charge in [0.15, 0.2) is 0 Å². The topological polar surface area (TPSA) is 29.3 Å². The minimum atomic E-state index is 0.504. The first-order valence-corrected chi connectivity index (χ1v) is 7.72. The maximum absolute atomic E-state index is 6.02. The molecule has 0 radical (unpaired) electrons. The van der Waals surface area contributed by atoms with Crippen LogP contribution in [-0.2, 0) is 6.42 Å². The summed E-state index contributed by atoms with van der Waals surface area (Å²) in [5.74, 6) is 0.601. The molecule has 1 saturated heterocycles. The van der Waals surface area contributed by atoms with E-state index in [4.69, 9.17) is 5.73 Å². The molecule has 2 atom stereocenters. The van der Waals surface area contributed by atoms with Gasteiger partial charge >= 0.3 is 0 Å². The lowest BCUT2D eigenvalue weighted by molar-refractivity contribution is 0.0665. The second-order valence-corrected chi connectivity index (χ2v) is 6.01. The Hall–Kier alpha value is -0.860. The van der Waals surface area contributed by atoms with E-state index >= 15 is 0 Å². The molecule has 0 spiro atoms. The maximum atomic E-state index is 6.02. The molecular weight excluding hydrogens is 232 g/mol. The number of nitrogens with two attached hydrogens (primary N) is 1. The zero-order valence-corrected chi connectivity index (χ0v) is 12.6. The van der Waals surface area contributed by atoms with Crippen molar-refractivity contribution in [3.8, 4) is 0 Å². The zero-order valence-electron chi connectivity index (χ0n) is 12.6. The molecule has 2 unspecified atom stereocenters. The third-order valence-corrected chi connectivity index (χ3v) is 4.49. The van der Waals surface area contributed by atoms with Crippen LogP contribution < -0.4 is 5.73 Å². The van der Waals surface area contributed by atoms with Gasteiger partial charge in [-0.1, -0.05) is 31.2 Å². The van der Waals surface area contributed by atoms with E-state index in [1.807, 2.05) is 0 Å². The van der Waals surface area contributed by atoms with E-state index in [0.29, 0.717) is 18.0 Å². The fourth-order valence-corrected chi connectivity index (χ4v) is 3.34. The summed E-state index contributed by atoms with van der Waals surface area (Å²) in [4.78, 5) is 2.63. The van der Waals surface area contributed by atoms with Crippen molar-refractivity contribution in [2.24, 2.45) is 11.7 Å². The van der Waals surface area contributed by atoms with Crippen LogP contribution in [-0.4, -0.2) is 24.0 Å². The highest BCUT2D eigenvalue weighted by molar-refractivity contribution is 5.26. The van der Waals surface area contributed by atoms with Gasteiger partial charge < -0.3 is 5.73 Å². The predicted molar refractivity (Wildman–Crippen MR) is 82.2 cm³/mol. The quantitative estimate of drug-likeness (QED) is 0.899. The van der Waals surface area contributed by atoms with E-state index in [9.17, 15) is 0 Å². The van der Waals surface area contributed by atoms with Crippen molar-refractivity contribution in [2.45, 2.75) is 52.1 Å². The van der Waals surface area contributed by atoms with E-state index in [2.05, 4.69) is 49.9 Å². The highest BCUT2D eigenvalue weighted by Crippen LogP contribution is 2.36. The third-order valence-electron chi connectivity index (χ3n) is 4.49. The normalized spacial score (nSPS) is 24.9. The largest absolute Gasteiger partial charge is 0.330 e. The number of likely N-dealkylation sites (tertiary alicyclic amines) is 1. The molecule has 1 fully saturated rings. The molecule has 1 heterocycles. The fraction of sp³-hybridized carbons (Fsp3) is 0.647. The number of aryl methyl sites for hydroxylation is 1. The summed E-state index contributed by atoms with van der Waals surface area (Å²) < 4.78 is 0. The molecule has 0 aliphatic carbocycles. The Morgan fingerprint density at radius 2 is 1.95 bits per heavy atom. The summed E-state index contributed by atoms with van der Waals surface area (Å²) in [5, 5.41) is 0. The van der Waals surface area contributed by atoms with Gasteiger partial charge in [-0.25, -0.2) is 0 Å². The first-order valence-electron chi connectivity index (χ1n) is 7.72. The van der Waals surface area contributed by atoms with Gasteiger partial charge in [0, 0.05) is 12.1 Å². The Kier molecular flexibility index (Phi) is 5.00. The molecule has 0 amide bonds. The summed E-state index contributed by atoms with van der Waals surface area (Å²) in [6.45, 7) is 8.80. The van der Waals surface area contributed by atoms with Crippen molar-refractivity contribution >= 4 is 0 Å². The lowest BCUT2D eigenvalue weighted by Crippen LogP contribution is -2.44. The highest BCUT2D eigenvalue weighted by atomic mass is 15.2. The van der Waals surface area contributed by atoms with Crippen LogP contribution in [0, 0.1) is 5.92 Å². The van der Waals surface area contributed by atoms with Gasteiger partial charge in [0.1, 0.15) is 0 Å². The second-order valence-electron chi connectivity index (χ2n) is 6.01. The molecule has 0 bridgehead atoms. The first kappa shape index (κ1) is 14.5. The fourth-order valence-electron chi connectivity index (χ4n) is 3.34. The minimum Gasteiger partial charge on any atom is -0.330 e. The Labute approximate surface area is 118 Å². The molecule has 0 saturated carbocycles. The molecule has 2 heteroatoms. The number of rotatable bonds is 4. The lowest BCUT2D eigenvalue weighted by atomic mass is 9.83. The van der Waals surface area contributed by atoms with Gasteiger partial charge in [0.05, 0.1) is 0 Å². The van der Waals surface area contributed by atoms with Crippen LogP contribution in [0.4, 0.5) is 0 Å². The summed E-state index contributed by atoms with van der Waals surface area (Å²) in [6.07, 6.45) is 3.66. The number of benzene rings is 1. The number of piperidine rings is 1. The Morgan fingerprint density at radius 1 is 1.26 bits per heavy atom. The predicted octanol–water partition coefficient (Wildman–Crippen LogP) is 3.37. The van der Waals surface area contributed by atoms with E-state index in [1.54, 1.807) is 0 Å². The number of hydrogen-bond donors (Lipinski definition) is 1. The van der Waals surface area contributed by atoms with E-state index in [-0.39, 0.29) is 0 Å². The SMILES string of the molecule is CCc1ccc(C2C(CN)CCCN2C(C)C)cc1. The zero-order chi connectivity index (χ0) is 13.8. The lowest BCUT2D eigenvalue weighted by Gasteiger charge is -2.43. The summed E-state index contributed by atoms with van der Waals surface area (Å²) in [7, 11) is 0. The van der Waals surface area contributed by atoms with Gasteiger partial charge in [-0.05, 0) is 63.2 Å². The summed E-state index contributed by atoms with van der Waals surface area (Å²) in [5.41, 5.74) is 8.88. The molecule has 1 aliphatic rings. The van der Waals surface area contributed by atoms with Crippen LogP contribution in [0.25, 0.3) is 0 Å². The molecule has 2 N–H and O–H groups in total. The molecule has 2 rings (SSSR count). The van der Waals surface area contributed by atoms with Crippen LogP contribution in [0.3, 0.4) is 0 Å². The Morgan fingerprint density at radius 3 is 2.47 bits per heavy atom. The van der Waals surface area contributed by atoms with Gasteiger partial charge in [0.2, 0.25) is 0 Å². The van der Waals surface area contributed by atoms with E-state index in [1.165, 1.54) is 30.5 Å².